The number of benzene rings is 5. The zero-order valence-corrected chi connectivity index (χ0v) is 18.1. The Morgan fingerprint density at radius 3 is 2.18 bits per heavy atom. The van der Waals surface area contributed by atoms with Gasteiger partial charge in [-0.05, 0) is 55.9 Å². The van der Waals surface area contributed by atoms with Crippen LogP contribution in [-0.2, 0) is 0 Å². The number of rotatable bonds is 3. The summed E-state index contributed by atoms with van der Waals surface area (Å²) in [5.41, 5.74) is 2.82. The Bertz CT molecular complexity index is 1790. The minimum atomic E-state index is -1.07. The molecule has 1 unspecified atom stereocenters. The van der Waals surface area contributed by atoms with E-state index in [-0.39, 0.29) is 22.9 Å². The van der Waals surface area contributed by atoms with Crippen molar-refractivity contribution in [1.29, 1.82) is 0 Å². The molecule has 1 aliphatic rings. The molecule has 5 aromatic carbocycles. The van der Waals surface area contributed by atoms with Crippen molar-refractivity contribution in [2.45, 2.75) is 6.17 Å². The van der Waals surface area contributed by atoms with Crippen LogP contribution in [0, 0.1) is 0 Å². The average Bonchev–Trinajstić information content (AvgIpc) is 2.94. The molecule has 1 heterocycles. The van der Waals surface area contributed by atoms with Gasteiger partial charge in [-0.2, -0.15) is 0 Å². The Balaban J connectivity index is 1.37. The summed E-state index contributed by atoms with van der Waals surface area (Å²) < 4.78 is 40.3. The first-order valence-electron chi connectivity index (χ1n) is 13.0. The topological polar surface area (TPSA) is 36.8 Å². The van der Waals surface area contributed by atoms with E-state index in [2.05, 4.69) is 57.8 Å². The van der Waals surface area contributed by atoms with Crippen LogP contribution in [0.2, 0.25) is 0 Å². The lowest BCUT2D eigenvalue weighted by Crippen LogP contribution is -2.32. The molecular formula is C29H20ClN3. The number of aliphatic imine (C=N–C) groups is 2. The van der Waals surface area contributed by atoms with Gasteiger partial charge in [0.05, 0.1) is 6.85 Å². The summed E-state index contributed by atoms with van der Waals surface area (Å²) in [4.78, 5) is 8.75. The minimum absolute atomic E-state index is 0.0202. The molecule has 4 heteroatoms. The highest BCUT2D eigenvalue weighted by Gasteiger charge is 2.18. The smallest absolute Gasteiger partial charge is 0.199 e. The van der Waals surface area contributed by atoms with Gasteiger partial charge in [0.25, 0.3) is 0 Å². The lowest BCUT2D eigenvalue weighted by Gasteiger charge is -2.19. The van der Waals surface area contributed by atoms with Crippen molar-refractivity contribution in [3.63, 3.8) is 0 Å². The summed E-state index contributed by atoms with van der Waals surface area (Å²) in [5.74, 6) is 0.401. The van der Waals surface area contributed by atoms with Gasteiger partial charge in [-0.25, -0.2) is 9.98 Å². The van der Waals surface area contributed by atoms with E-state index in [1.54, 1.807) is 0 Å². The summed E-state index contributed by atoms with van der Waals surface area (Å²) in [6.45, 7) is 0. The molecule has 0 saturated heterocycles. The summed E-state index contributed by atoms with van der Waals surface area (Å²) >= 11 is 6.26. The second-order valence-corrected chi connectivity index (χ2v) is 8.09. The predicted molar refractivity (Wildman–Crippen MR) is 139 cm³/mol. The highest BCUT2D eigenvalue weighted by Crippen LogP contribution is 2.30. The van der Waals surface area contributed by atoms with Crippen molar-refractivity contribution in [3.8, 4) is 11.1 Å². The number of nitrogens with zero attached hydrogens (tertiary/aromatic N) is 2. The second-order valence-electron chi connectivity index (χ2n) is 7.73. The first kappa shape index (κ1) is 15.0. The van der Waals surface area contributed by atoms with Crippen LogP contribution in [0.15, 0.2) is 119 Å². The molecule has 3 nitrogen and oxygen atoms in total. The summed E-state index contributed by atoms with van der Waals surface area (Å²) in [6, 6.07) is 24.8. The van der Waals surface area contributed by atoms with Crippen LogP contribution >= 0.6 is 11.6 Å². The molecule has 0 aromatic heterocycles. The van der Waals surface area contributed by atoms with Crippen LogP contribution < -0.4 is 5.32 Å². The van der Waals surface area contributed by atoms with E-state index in [0.29, 0.717) is 5.84 Å². The van der Waals surface area contributed by atoms with Gasteiger partial charge in [-0.1, -0.05) is 103 Å². The minimum Gasteiger partial charge on any atom is -0.315 e. The summed E-state index contributed by atoms with van der Waals surface area (Å²) in [5, 5.41) is 7.72. The molecule has 0 radical (unpaired) electrons. The quantitative estimate of drug-likeness (QED) is 0.227. The molecule has 0 saturated carbocycles. The highest BCUT2D eigenvalue weighted by molar-refractivity contribution is 6.66. The number of halogens is 1. The molecular weight excluding hydrogens is 426 g/mol. The maximum Gasteiger partial charge on any atom is 0.199 e. The van der Waals surface area contributed by atoms with Crippen molar-refractivity contribution < 1.29 is 6.85 Å². The van der Waals surface area contributed by atoms with Crippen LogP contribution in [0.1, 0.15) is 24.1 Å². The number of nitrogens with one attached hydrogen (secondary N) is 1. The van der Waals surface area contributed by atoms with Gasteiger partial charge in [0.2, 0.25) is 0 Å². The van der Waals surface area contributed by atoms with Crippen LogP contribution in [0.4, 0.5) is 0 Å². The zero-order valence-electron chi connectivity index (χ0n) is 22.4. The Kier molecular flexibility index (Phi) is 3.72. The maximum absolute atomic E-state index is 8.26. The third-order valence-corrected chi connectivity index (χ3v) is 5.92. The van der Waals surface area contributed by atoms with Crippen molar-refractivity contribution >= 4 is 44.3 Å². The third-order valence-electron chi connectivity index (χ3n) is 5.72. The van der Waals surface area contributed by atoms with Crippen LogP contribution in [0.25, 0.3) is 32.7 Å². The molecule has 0 fully saturated rings. The van der Waals surface area contributed by atoms with Gasteiger partial charge >= 0.3 is 0 Å². The second kappa shape index (κ2) is 8.19. The van der Waals surface area contributed by atoms with Gasteiger partial charge in [0.15, 0.2) is 11.5 Å². The first-order chi connectivity index (χ1) is 18.3. The van der Waals surface area contributed by atoms with Gasteiger partial charge < -0.3 is 5.32 Å². The average molecular weight is 451 g/mol. The molecule has 1 N–H and O–H groups in total. The van der Waals surface area contributed by atoms with E-state index in [0.717, 1.165) is 16.7 Å². The van der Waals surface area contributed by atoms with E-state index >= 15 is 0 Å². The monoisotopic (exact) mass is 450 g/mol. The van der Waals surface area contributed by atoms with Gasteiger partial charge in [0.1, 0.15) is 5.84 Å². The van der Waals surface area contributed by atoms with Crippen LogP contribution in [0.5, 0.6) is 0 Å². The standard InChI is InChI=1S/C29H20ClN3/c30-29-32-27(22-7-2-1-3-8-22)31-28(33-29)23-15-10-19(11-16-23)24-17-14-21-13-12-20-6-4-5-9-25(20)26(21)18-24/h1-18,27H,(H,31,32,33)/i1D,2D,3D,7D,8D. The fraction of sp³-hybridized carbons (Fsp3) is 0.0345. The fourth-order valence-electron chi connectivity index (χ4n) is 4.09. The number of hydrogen-bond acceptors (Lipinski definition) is 3. The largest absolute Gasteiger partial charge is 0.315 e. The van der Waals surface area contributed by atoms with Crippen molar-refractivity contribution in [3.05, 3.63) is 120 Å². The van der Waals surface area contributed by atoms with Crippen molar-refractivity contribution in [2.75, 3.05) is 0 Å². The van der Waals surface area contributed by atoms with Crippen molar-refractivity contribution in [2.24, 2.45) is 9.98 Å². The predicted octanol–water partition coefficient (Wildman–Crippen LogP) is 7.30. The van der Waals surface area contributed by atoms with E-state index in [1.807, 2.05) is 36.4 Å². The molecule has 5 aromatic rings. The Morgan fingerprint density at radius 1 is 0.697 bits per heavy atom. The van der Waals surface area contributed by atoms with Crippen molar-refractivity contribution in [1.82, 2.24) is 5.32 Å². The van der Waals surface area contributed by atoms with Gasteiger partial charge in [0, 0.05) is 5.56 Å². The Hall–Kier alpha value is -3.95. The highest BCUT2D eigenvalue weighted by atomic mass is 35.5. The maximum atomic E-state index is 8.26. The number of hydrogen-bond donors (Lipinski definition) is 1. The first-order valence-corrected chi connectivity index (χ1v) is 10.9. The molecule has 158 valence electrons. The summed E-state index contributed by atoms with van der Waals surface area (Å²) in [7, 11) is 0. The van der Waals surface area contributed by atoms with Crippen LogP contribution in [-0.4, -0.2) is 11.1 Å². The molecule has 0 amide bonds. The summed E-state index contributed by atoms with van der Waals surface area (Å²) in [6.07, 6.45) is -1.07. The molecule has 6 rings (SSSR count). The fourth-order valence-corrected chi connectivity index (χ4v) is 4.27. The molecule has 0 spiro atoms. The molecule has 1 aliphatic heterocycles. The molecule has 0 aliphatic carbocycles. The number of fused-ring (bicyclic) bond motifs is 3. The van der Waals surface area contributed by atoms with Gasteiger partial charge in [-0.15, -0.1) is 0 Å². The molecule has 0 bridgehead atoms. The van der Waals surface area contributed by atoms with E-state index in [1.165, 1.54) is 21.5 Å². The normalized spacial score (nSPS) is 17.8. The molecule has 1 atom stereocenters. The van der Waals surface area contributed by atoms with E-state index in [4.69, 9.17) is 18.5 Å². The third kappa shape index (κ3) is 3.77. The van der Waals surface area contributed by atoms with E-state index in [9.17, 15) is 0 Å². The van der Waals surface area contributed by atoms with Gasteiger partial charge in [-0.3, -0.25) is 0 Å². The lowest BCUT2D eigenvalue weighted by atomic mass is 9.96. The SMILES string of the molecule is [2H]c1c([2H])c([2H])c(C2N=C(Cl)NC(c3ccc(-c4ccc5ccc6ccccc6c5c4)cc3)=N2)c([2H])c1[2H]. The Morgan fingerprint density at radius 2 is 1.36 bits per heavy atom. The van der Waals surface area contributed by atoms with E-state index < -0.39 is 24.3 Å². The zero-order chi connectivity index (χ0) is 26.6. The van der Waals surface area contributed by atoms with Crippen LogP contribution in [0.3, 0.4) is 0 Å². The number of amidine groups is 2. The Labute approximate surface area is 204 Å². The lowest BCUT2D eigenvalue weighted by molar-refractivity contribution is 0.760. The molecule has 33 heavy (non-hydrogen) atoms.